The molecule has 13 heteroatoms. The van der Waals surface area contributed by atoms with Crippen LogP contribution in [-0.2, 0) is 13.5 Å². The molecule has 0 saturated carbocycles. The first-order chi connectivity index (χ1) is 27.5. The van der Waals surface area contributed by atoms with Gasteiger partial charge >= 0.3 is 0 Å². The molecule has 13 nitrogen and oxygen atoms in total. The van der Waals surface area contributed by atoms with Crippen molar-refractivity contribution < 1.29 is 24.0 Å². The highest BCUT2D eigenvalue weighted by Gasteiger charge is 2.39. The molecular weight excluding hydrogens is 741 g/mol. The number of rotatable bonds is 6. The van der Waals surface area contributed by atoms with Crippen LogP contribution in [0.2, 0.25) is 0 Å². The number of nitrogens with zero attached hydrogens (tertiary/aromatic N) is 3. The summed E-state index contributed by atoms with van der Waals surface area (Å²) in [6.07, 6.45) is 0.447. The number of imide groups is 2. The van der Waals surface area contributed by atoms with Crippen molar-refractivity contribution in [3.8, 4) is 5.69 Å². The highest BCUT2D eigenvalue weighted by molar-refractivity contribution is 6.35. The normalized spacial score (nSPS) is 13.6. The summed E-state index contributed by atoms with van der Waals surface area (Å²) < 4.78 is 2.04. The van der Waals surface area contributed by atoms with Crippen molar-refractivity contribution in [1.29, 1.82) is 0 Å². The van der Waals surface area contributed by atoms with Crippen LogP contribution in [0.4, 0.5) is 5.69 Å². The van der Waals surface area contributed by atoms with Gasteiger partial charge in [-0.1, -0.05) is 36.4 Å². The largest absolute Gasteiger partial charge is 0.289 e. The van der Waals surface area contributed by atoms with Gasteiger partial charge in [0, 0.05) is 18.2 Å². The van der Waals surface area contributed by atoms with Gasteiger partial charge in [-0.3, -0.25) is 53.0 Å². The van der Waals surface area contributed by atoms with E-state index in [0.717, 1.165) is 25.2 Å². The summed E-state index contributed by atoms with van der Waals surface area (Å²) in [7, 11) is 1.35. The number of amides is 4. The number of benzene rings is 5. The van der Waals surface area contributed by atoms with Crippen LogP contribution >= 0.6 is 0 Å². The monoisotopic (exact) mass is 770 g/mol. The van der Waals surface area contributed by atoms with Gasteiger partial charge in [0.2, 0.25) is 0 Å². The van der Waals surface area contributed by atoms with E-state index >= 15 is 0 Å². The minimum absolute atomic E-state index is 0.0623. The van der Waals surface area contributed by atoms with Crippen molar-refractivity contribution in [2.24, 2.45) is 7.05 Å². The number of carbonyl (C=O) groups excluding carboxylic acids is 5. The number of carbonyl (C=O) groups is 5. The lowest BCUT2D eigenvalue weighted by atomic mass is 9.95. The zero-order valence-corrected chi connectivity index (χ0v) is 31.7. The molecule has 284 valence electrons. The summed E-state index contributed by atoms with van der Waals surface area (Å²) in [5.74, 6) is -2.74. The van der Waals surface area contributed by atoms with Crippen LogP contribution < -0.4 is 32.5 Å². The molecule has 0 fully saturated rings. The van der Waals surface area contributed by atoms with Gasteiger partial charge in [-0.05, 0) is 104 Å². The van der Waals surface area contributed by atoms with Gasteiger partial charge in [0.15, 0.2) is 5.78 Å². The lowest BCUT2D eigenvalue weighted by molar-refractivity contribution is 0.0874. The zero-order valence-electron chi connectivity index (χ0n) is 31.7. The van der Waals surface area contributed by atoms with E-state index in [2.05, 4.69) is 5.32 Å². The van der Waals surface area contributed by atoms with E-state index in [1.54, 1.807) is 27.7 Å². The maximum Gasteiger partial charge on any atom is 0.266 e. The lowest BCUT2D eigenvalue weighted by Gasteiger charge is -2.21. The second kappa shape index (κ2) is 12.4. The Hall–Kier alpha value is -7.67. The summed E-state index contributed by atoms with van der Waals surface area (Å²) in [6, 6.07) is 18.6. The third-order valence-corrected chi connectivity index (χ3v) is 11.2. The average molecular weight is 771 g/mol. The molecular formula is C45H30N4O9. The summed E-state index contributed by atoms with van der Waals surface area (Å²) in [5, 5.41) is 2.49. The van der Waals surface area contributed by atoms with Gasteiger partial charge in [-0.15, -0.1) is 0 Å². The molecule has 4 heterocycles. The zero-order chi connectivity index (χ0) is 41.2. The Morgan fingerprint density at radius 3 is 1.47 bits per heavy atom. The highest BCUT2D eigenvalue weighted by atomic mass is 16.2. The second-order valence-electron chi connectivity index (χ2n) is 15.0. The van der Waals surface area contributed by atoms with E-state index < -0.39 is 51.6 Å². The number of anilines is 1. The van der Waals surface area contributed by atoms with Crippen molar-refractivity contribution in [2.75, 3.05) is 4.90 Å². The van der Waals surface area contributed by atoms with Crippen molar-refractivity contribution in [3.05, 3.63) is 181 Å². The van der Waals surface area contributed by atoms with E-state index in [0.29, 0.717) is 40.0 Å². The van der Waals surface area contributed by atoms with Crippen LogP contribution in [0.15, 0.2) is 92.0 Å². The number of nitrogens with one attached hydrogen (secondary N) is 1. The molecule has 2 aromatic heterocycles. The van der Waals surface area contributed by atoms with Crippen molar-refractivity contribution in [3.63, 3.8) is 0 Å². The molecule has 0 atom stereocenters. The quantitative estimate of drug-likeness (QED) is 0.192. The molecule has 0 bridgehead atoms. The minimum Gasteiger partial charge on any atom is -0.289 e. The average Bonchev–Trinajstić information content (AvgIpc) is 3.78. The van der Waals surface area contributed by atoms with E-state index in [4.69, 9.17) is 0 Å². The Morgan fingerprint density at radius 1 is 0.500 bits per heavy atom. The first-order valence-corrected chi connectivity index (χ1v) is 18.2. The Labute approximate surface area is 327 Å². The maximum atomic E-state index is 13.9. The molecule has 7 aromatic rings. The highest BCUT2D eigenvalue weighted by Crippen LogP contribution is 2.35. The third kappa shape index (κ3) is 5.06. The van der Waals surface area contributed by atoms with Crippen molar-refractivity contribution >= 4 is 56.6 Å². The predicted molar refractivity (Wildman–Crippen MR) is 215 cm³/mol. The molecule has 58 heavy (non-hydrogen) atoms. The van der Waals surface area contributed by atoms with Crippen molar-refractivity contribution in [1.82, 2.24) is 14.5 Å². The minimum atomic E-state index is -0.599. The summed E-state index contributed by atoms with van der Waals surface area (Å²) in [5.41, 5.74) is 3.79. The first kappa shape index (κ1) is 36.0. The number of aryl methyl sites for hydroxylation is 4. The Morgan fingerprint density at radius 2 is 0.931 bits per heavy atom. The van der Waals surface area contributed by atoms with Crippen LogP contribution in [0.1, 0.15) is 90.7 Å². The molecule has 1 N–H and O–H groups in total. The van der Waals surface area contributed by atoms with E-state index in [1.165, 1.54) is 55.6 Å². The summed E-state index contributed by atoms with van der Waals surface area (Å²) in [4.78, 5) is 119. The SMILES string of the molecule is Cc1cc(Cc2cc(C)c(-n3c(=O)c4cc5c(=O)n(C)c(=O)c5cc4c3=O)c(C)c2)cc(C)c1N1C(=O)c2ccc(C(=O)c3ccc4c(c3)C(=O)NC4=O)cc2C1=O. The molecule has 0 spiro atoms. The topological polar surface area (TPSA) is 179 Å². The van der Waals surface area contributed by atoms with Gasteiger partial charge < -0.3 is 0 Å². The van der Waals surface area contributed by atoms with Gasteiger partial charge in [-0.25, -0.2) is 9.47 Å². The van der Waals surface area contributed by atoms with Gasteiger partial charge in [0.1, 0.15) is 0 Å². The van der Waals surface area contributed by atoms with E-state index in [-0.39, 0.29) is 54.9 Å². The third-order valence-electron chi connectivity index (χ3n) is 11.2. The van der Waals surface area contributed by atoms with E-state index in [9.17, 15) is 43.2 Å². The fraction of sp³-hybridized carbons (Fsp3) is 0.133. The van der Waals surface area contributed by atoms with Crippen LogP contribution in [0.25, 0.3) is 27.2 Å². The molecule has 0 saturated heterocycles. The smallest absolute Gasteiger partial charge is 0.266 e. The fourth-order valence-corrected chi connectivity index (χ4v) is 8.59. The van der Waals surface area contributed by atoms with Crippen LogP contribution in [0.3, 0.4) is 0 Å². The van der Waals surface area contributed by atoms with Crippen LogP contribution in [-0.4, -0.2) is 38.5 Å². The lowest BCUT2D eigenvalue weighted by Crippen LogP contribution is -2.30. The summed E-state index contributed by atoms with van der Waals surface area (Å²) >= 11 is 0. The number of aromatic nitrogens is 2. The van der Waals surface area contributed by atoms with Gasteiger partial charge in [0.05, 0.1) is 55.2 Å². The number of hydrogen-bond acceptors (Lipinski definition) is 9. The van der Waals surface area contributed by atoms with Crippen LogP contribution in [0.5, 0.6) is 0 Å². The first-order valence-electron chi connectivity index (χ1n) is 18.2. The number of fused-ring (bicyclic) bond motifs is 4. The van der Waals surface area contributed by atoms with Gasteiger partial charge in [0.25, 0.3) is 45.9 Å². The molecule has 9 rings (SSSR count). The fourth-order valence-electron chi connectivity index (χ4n) is 8.59. The van der Waals surface area contributed by atoms with E-state index in [1.807, 2.05) is 24.3 Å². The maximum absolute atomic E-state index is 13.9. The molecule has 2 aliphatic rings. The Kier molecular flexibility index (Phi) is 7.71. The Bertz CT molecular complexity index is 3250. The second-order valence-corrected chi connectivity index (χ2v) is 15.0. The predicted octanol–water partition coefficient (Wildman–Crippen LogP) is 4.18. The molecule has 2 aliphatic heterocycles. The van der Waals surface area contributed by atoms with Crippen molar-refractivity contribution in [2.45, 2.75) is 34.1 Å². The summed E-state index contributed by atoms with van der Waals surface area (Å²) in [6.45, 7) is 7.20. The molecule has 0 radical (unpaired) electrons. The Balaban J connectivity index is 0.997. The number of ketones is 1. The molecule has 4 amide bonds. The van der Waals surface area contributed by atoms with Crippen LogP contribution in [0, 0.1) is 27.7 Å². The molecule has 0 unspecified atom stereocenters. The van der Waals surface area contributed by atoms with Gasteiger partial charge in [-0.2, -0.15) is 0 Å². The molecule has 0 aliphatic carbocycles. The number of hydrogen-bond donors (Lipinski definition) is 1. The standard InChI is InChI=1S/C45H30N4O9/c1-19-10-23(14-24-12-21(3)36(22(4)13-24)49-44(57)33-17-31-32(18-34(33)45(49)58)41(54)47(5)40(31)53)11-20(2)35(19)48-42(55)28-9-7-26(16-30(28)43(48)56)37(50)25-6-8-27-29(15-25)39(52)46-38(27)51/h6-13,15-18H,14H2,1-5H3,(H,46,51,52). The molecule has 5 aromatic carbocycles.